The van der Waals surface area contributed by atoms with Gasteiger partial charge in [0.1, 0.15) is 0 Å². The fraction of sp³-hybridized carbons (Fsp3) is 0.467. The Morgan fingerprint density at radius 2 is 2.36 bits per heavy atom. The van der Waals surface area contributed by atoms with Crippen LogP contribution in [0.3, 0.4) is 0 Å². The summed E-state index contributed by atoms with van der Waals surface area (Å²) in [6.07, 6.45) is 3.78. The summed E-state index contributed by atoms with van der Waals surface area (Å²) in [5.41, 5.74) is 2.18. The van der Waals surface area contributed by atoms with Crippen molar-refractivity contribution in [3.05, 3.63) is 23.0 Å². The molecule has 2 N–H and O–H groups in total. The molecule has 5 nitrogen and oxygen atoms in total. The fourth-order valence-corrected chi connectivity index (χ4v) is 3.54. The van der Waals surface area contributed by atoms with Crippen LogP contribution in [-0.4, -0.2) is 35.1 Å². The Kier molecular flexibility index (Phi) is 5.17. The van der Waals surface area contributed by atoms with Crippen molar-refractivity contribution in [2.45, 2.75) is 25.4 Å². The van der Waals surface area contributed by atoms with Crippen molar-refractivity contribution in [1.82, 2.24) is 4.98 Å². The normalized spacial score (nSPS) is 18.5. The highest BCUT2D eigenvalue weighted by Gasteiger charge is 2.14. The number of nitrogens with one attached hydrogen (secondary N) is 2. The van der Waals surface area contributed by atoms with E-state index in [0.717, 1.165) is 30.7 Å². The number of hydrogen-bond acceptors (Lipinski definition) is 5. The van der Waals surface area contributed by atoms with E-state index in [2.05, 4.69) is 10.3 Å². The molecule has 3 rings (SSSR count). The molecule has 2 heterocycles. The van der Waals surface area contributed by atoms with Gasteiger partial charge in [0, 0.05) is 24.1 Å². The molecule has 1 unspecified atom stereocenters. The van der Waals surface area contributed by atoms with Gasteiger partial charge in [-0.15, -0.1) is 11.8 Å². The molecule has 1 saturated heterocycles. The lowest BCUT2D eigenvalue weighted by Crippen LogP contribution is -2.22. The van der Waals surface area contributed by atoms with Crippen LogP contribution in [0.15, 0.2) is 22.6 Å². The highest BCUT2D eigenvalue weighted by Crippen LogP contribution is 2.20. The van der Waals surface area contributed by atoms with Crippen molar-refractivity contribution in [2.75, 3.05) is 23.4 Å². The summed E-state index contributed by atoms with van der Waals surface area (Å²) in [6.45, 7) is 0.850. The highest BCUT2D eigenvalue weighted by molar-refractivity contribution is 8.00. The third-order valence-corrected chi connectivity index (χ3v) is 4.77. The van der Waals surface area contributed by atoms with Gasteiger partial charge < -0.3 is 19.5 Å². The molecule has 1 aromatic heterocycles. The average Bonchev–Trinajstić information content (AvgIpc) is 2.87. The van der Waals surface area contributed by atoms with Crippen LogP contribution in [0.4, 0.5) is 5.69 Å². The monoisotopic (exact) mass is 338 g/mol. The number of carbonyl (C=O) groups excluding carboxylic acids is 1. The lowest BCUT2D eigenvalue weighted by Gasteiger charge is -2.21. The smallest absolute Gasteiger partial charge is 0.266 e. The zero-order chi connectivity index (χ0) is 15.4. The van der Waals surface area contributed by atoms with Gasteiger partial charge >= 0.3 is 0 Å². The minimum atomic E-state index is -0.0192. The maximum atomic E-state index is 12.0. The van der Waals surface area contributed by atoms with Crippen LogP contribution in [0.5, 0.6) is 0 Å². The van der Waals surface area contributed by atoms with Crippen LogP contribution in [-0.2, 0) is 9.53 Å². The molecule has 22 heavy (non-hydrogen) atoms. The first-order valence-electron chi connectivity index (χ1n) is 7.33. The standard InChI is InChI=1S/C15H18N2O3S2/c18-14(9-22-8-11-3-1-2-6-19-11)16-10-4-5-12-13(7-10)20-15(21)17-12/h4-5,7,11H,1-3,6,8-9H2,(H,16,18)(H,17,21). The maximum Gasteiger partial charge on any atom is 0.266 e. The summed E-state index contributed by atoms with van der Waals surface area (Å²) >= 11 is 6.55. The van der Waals surface area contributed by atoms with Gasteiger partial charge in [-0.3, -0.25) is 4.79 Å². The first-order valence-corrected chi connectivity index (χ1v) is 8.89. The van der Waals surface area contributed by atoms with Gasteiger partial charge in [0.25, 0.3) is 4.84 Å². The van der Waals surface area contributed by atoms with E-state index >= 15 is 0 Å². The molecule has 0 spiro atoms. The third kappa shape index (κ3) is 4.12. The van der Waals surface area contributed by atoms with E-state index in [1.165, 1.54) is 6.42 Å². The summed E-state index contributed by atoms with van der Waals surface area (Å²) in [4.78, 5) is 15.2. The van der Waals surface area contributed by atoms with Crippen LogP contribution >= 0.6 is 24.0 Å². The average molecular weight is 338 g/mol. The number of aromatic amines is 1. The minimum Gasteiger partial charge on any atom is -0.429 e. The highest BCUT2D eigenvalue weighted by atomic mass is 32.2. The molecular weight excluding hydrogens is 320 g/mol. The topological polar surface area (TPSA) is 67.3 Å². The molecule has 0 aliphatic carbocycles. The number of aromatic nitrogens is 1. The van der Waals surface area contributed by atoms with Gasteiger partial charge in [0.2, 0.25) is 5.91 Å². The number of thioether (sulfide) groups is 1. The van der Waals surface area contributed by atoms with E-state index in [9.17, 15) is 4.79 Å². The molecule has 7 heteroatoms. The first kappa shape index (κ1) is 15.6. The largest absolute Gasteiger partial charge is 0.429 e. The van der Waals surface area contributed by atoms with Crippen molar-refractivity contribution in [3.8, 4) is 0 Å². The Morgan fingerprint density at radius 3 is 3.18 bits per heavy atom. The van der Waals surface area contributed by atoms with E-state index in [1.54, 1.807) is 17.8 Å². The van der Waals surface area contributed by atoms with E-state index in [-0.39, 0.29) is 5.91 Å². The van der Waals surface area contributed by atoms with Crippen molar-refractivity contribution in [2.24, 2.45) is 0 Å². The molecule has 1 aliphatic heterocycles. The lowest BCUT2D eigenvalue weighted by molar-refractivity contribution is -0.113. The molecule has 0 saturated carbocycles. The number of ether oxygens (including phenoxy) is 1. The SMILES string of the molecule is O=C(CSCC1CCCCO1)Nc1ccc2[nH]c(=S)oc2c1. The number of amides is 1. The zero-order valence-corrected chi connectivity index (χ0v) is 13.7. The van der Waals surface area contributed by atoms with Gasteiger partial charge in [-0.2, -0.15) is 0 Å². The number of anilines is 1. The summed E-state index contributed by atoms with van der Waals surface area (Å²) in [5, 5.41) is 2.87. The van der Waals surface area contributed by atoms with Gasteiger partial charge in [-0.25, -0.2) is 0 Å². The number of carbonyl (C=O) groups is 1. The zero-order valence-electron chi connectivity index (χ0n) is 12.1. The molecule has 0 bridgehead atoms. The van der Waals surface area contributed by atoms with Crippen LogP contribution in [0, 0.1) is 4.84 Å². The number of rotatable bonds is 5. The molecule has 2 aromatic rings. The molecule has 1 atom stereocenters. The molecular formula is C15H18N2O3S2. The Morgan fingerprint density at radius 1 is 1.45 bits per heavy atom. The lowest BCUT2D eigenvalue weighted by atomic mass is 10.1. The quantitative estimate of drug-likeness (QED) is 0.813. The number of benzene rings is 1. The van der Waals surface area contributed by atoms with Crippen LogP contribution in [0.25, 0.3) is 11.1 Å². The van der Waals surface area contributed by atoms with E-state index in [1.807, 2.05) is 12.1 Å². The van der Waals surface area contributed by atoms with Crippen molar-refractivity contribution >= 4 is 46.7 Å². The maximum absolute atomic E-state index is 12.0. The number of oxazole rings is 1. The van der Waals surface area contributed by atoms with Crippen molar-refractivity contribution < 1.29 is 13.9 Å². The number of fused-ring (bicyclic) bond motifs is 1. The predicted octanol–water partition coefficient (Wildman–Crippen LogP) is 3.73. The fourth-order valence-electron chi connectivity index (χ4n) is 2.44. The van der Waals surface area contributed by atoms with E-state index in [4.69, 9.17) is 21.4 Å². The molecule has 118 valence electrons. The van der Waals surface area contributed by atoms with Crippen LogP contribution in [0.2, 0.25) is 0 Å². The van der Waals surface area contributed by atoms with E-state index < -0.39 is 0 Å². The van der Waals surface area contributed by atoms with Gasteiger partial charge in [-0.05, 0) is 43.6 Å². The second kappa shape index (κ2) is 7.30. The first-order chi connectivity index (χ1) is 10.7. The van der Waals surface area contributed by atoms with E-state index in [0.29, 0.717) is 28.0 Å². The van der Waals surface area contributed by atoms with Crippen molar-refractivity contribution in [1.29, 1.82) is 0 Å². The second-order valence-corrected chi connectivity index (χ2v) is 6.68. The Hall–Kier alpha value is -1.31. The molecule has 1 fully saturated rings. The predicted molar refractivity (Wildman–Crippen MR) is 90.9 cm³/mol. The van der Waals surface area contributed by atoms with Crippen LogP contribution < -0.4 is 5.32 Å². The van der Waals surface area contributed by atoms with Gasteiger partial charge in [-0.1, -0.05) is 0 Å². The second-order valence-electron chi connectivity index (χ2n) is 5.28. The molecule has 0 radical (unpaired) electrons. The third-order valence-electron chi connectivity index (χ3n) is 3.52. The van der Waals surface area contributed by atoms with Crippen LogP contribution in [0.1, 0.15) is 19.3 Å². The molecule has 1 aliphatic rings. The van der Waals surface area contributed by atoms with Gasteiger partial charge in [0.15, 0.2) is 5.58 Å². The Labute approximate surface area is 137 Å². The number of hydrogen-bond donors (Lipinski definition) is 2. The summed E-state index contributed by atoms with van der Waals surface area (Å²) in [6, 6.07) is 5.44. The van der Waals surface area contributed by atoms with Crippen molar-refractivity contribution in [3.63, 3.8) is 0 Å². The summed E-state index contributed by atoms with van der Waals surface area (Å²) in [5.74, 6) is 1.28. The minimum absolute atomic E-state index is 0.0192. The molecule has 1 aromatic carbocycles. The number of H-pyrrole nitrogens is 1. The Bertz CT molecular complexity index is 704. The Balaban J connectivity index is 1.48. The molecule has 1 amide bonds. The summed E-state index contributed by atoms with van der Waals surface area (Å²) < 4.78 is 11.0. The summed E-state index contributed by atoms with van der Waals surface area (Å²) in [7, 11) is 0. The van der Waals surface area contributed by atoms with Gasteiger partial charge in [0.05, 0.1) is 17.4 Å².